The third kappa shape index (κ3) is 1.82. The van der Waals surface area contributed by atoms with Crippen LogP contribution in [0.15, 0.2) is 23.0 Å². The topological polar surface area (TPSA) is 39.0 Å². The highest BCUT2D eigenvalue weighted by molar-refractivity contribution is 5.80. The molecular formula is C15H21N3O. The van der Waals surface area contributed by atoms with Crippen LogP contribution in [0.3, 0.4) is 0 Å². The maximum atomic E-state index is 12.5. The van der Waals surface area contributed by atoms with Gasteiger partial charge in [-0.05, 0) is 30.5 Å². The standard InChI is InChI=1S/C15H21N3O/c1-10(2)12-5-4-6-13-14(12)17(3)15(19)18(13)11-7-8-16-9-11/h4-6,10-11,16H,7-9H2,1-3H3. The average molecular weight is 259 g/mol. The second-order valence-corrected chi connectivity index (χ2v) is 5.73. The molecule has 1 aliphatic heterocycles. The number of fused-ring (bicyclic) bond motifs is 1. The van der Waals surface area contributed by atoms with Gasteiger partial charge in [-0.15, -0.1) is 0 Å². The highest BCUT2D eigenvalue weighted by Gasteiger charge is 2.23. The number of nitrogens with one attached hydrogen (secondary N) is 1. The van der Waals surface area contributed by atoms with Crippen molar-refractivity contribution in [3.05, 3.63) is 34.2 Å². The number of imidazole rings is 1. The summed E-state index contributed by atoms with van der Waals surface area (Å²) in [5.41, 5.74) is 3.53. The molecule has 2 aromatic rings. The number of aromatic nitrogens is 2. The lowest BCUT2D eigenvalue weighted by atomic mass is 10.0. The van der Waals surface area contributed by atoms with Crippen molar-refractivity contribution in [2.75, 3.05) is 13.1 Å². The summed E-state index contributed by atoms with van der Waals surface area (Å²) in [5, 5.41) is 3.34. The molecule has 1 aliphatic rings. The van der Waals surface area contributed by atoms with E-state index in [1.807, 2.05) is 16.2 Å². The maximum Gasteiger partial charge on any atom is 0.329 e. The monoisotopic (exact) mass is 259 g/mol. The molecule has 4 nitrogen and oxygen atoms in total. The predicted octanol–water partition coefficient (Wildman–Crippen LogP) is 2.00. The van der Waals surface area contributed by atoms with Crippen LogP contribution in [0.4, 0.5) is 0 Å². The lowest BCUT2D eigenvalue weighted by Gasteiger charge is -2.12. The van der Waals surface area contributed by atoms with Crippen LogP contribution in [0, 0.1) is 0 Å². The molecular weight excluding hydrogens is 238 g/mol. The van der Waals surface area contributed by atoms with Crippen LogP contribution >= 0.6 is 0 Å². The zero-order valence-corrected chi connectivity index (χ0v) is 11.8. The molecule has 3 rings (SSSR count). The molecule has 1 aromatic heterocycles. The Kier molecular flexibility index (Phi) is 2.97. The number of hydrogen-bond acceptors (Lipinski definition) is 2. The van der Waals surface area contributed by atoms with E-state index >= 15 is 0 Å². The summed E-state index contributed by atoms with van der Waals surface area (Å²) in [5.74, 6) is 0.423. The Morgan fingerprint density at radius 3 is 2.79 bits per heavy atom. The van der Waals surface area contributed by atoms with E-state index in [0.29, 0.717) is 12.0 Å². The Balaban J connectivity index is 2.32. The highest BCUT2D eigenvalue weighted by atomic mass is 16.1. The van der Waals surface area contributed by atoms with Gasteiger partial charge in [-0.3, -0.25) is 9.13 Å². The van der Waals surface area contributed by atoms with Crippen molar-refractivity contribution in [3.8, 4) is 0 Å². The minimum Gasteiger partial charge on any atom is -0.315 e. The summed E-state index contributed by atoms with van der Waals surface area (Å²) in [6.07, 6.45) is 1.03. The van der Waals surface area contributed by atoms with Gasteiger partial charge in [-0.2, -0.15) is 0 Å². The molecule has 1 saturated heterocycles. The first-order chi connectivity index (χ1) is 9.11. The highest BCUT2D eigenvalue weighted by Crippen LogP contribution is 2.27. The molecule has 0 bridgehead atoms. The van der Waals surface area contributed by atoms with Gasteiger partial charge in [0.2, 0.25) is 0 Å². The Morgan fingerprint density at radius 2 is 2.16 bits per heavy atom. The van der Waals surface area contributed by atoms with Crippen molar-refractivity contribution < 1.29 is 0 Å². The number of hydrogen-bond donors (Lipinski definition) is 1. The van der Waals surface area contributed by atoms with Crippen molar-refractivity contribution in [2.45, 2.75) is 32.2 Å². The van der Waals surface area contributed by atoms with E-state index < -0.39 is 0 Å². The lowest BCUT2D eigenvalue weighted by molar-refractivity contribution is 0.535. The number of rotatable bonds is 2. The van der Waals surface area contributed by atoms with E-state index in [0.717, 1.165) is 30.5 Å². The molecule has 1 aromatic carbocycles. The lowest BCUT2D eigenvalue weighted by Crippen LogP contribution is -2.27. The second kappa shape index (κ2) is 4.53. The van der Waals surface area contributed by atoms with Crippen LogP contribution in [0.5, 0.6) is 0 Å². The third-order valence-electron chi connectivity index (χ3n) is 4.16. The summed E-state index contributed by atoms with van der Waals surface area (Å²) in [6.45, 7) is 6.24. The SMILES string of the molecule is CC(C)c1cccc2c1n(C)c(=O)n2C1CCNC1. The van der Waals surface area contributed by atoms with Crippen LogP contribution in [0.2, 0.25) is 0 Å². The van der Waals surface area contributed by atoms with Gasteiger partial charge in [-0.25, -0.2) is 4.79 Å². The molecule has 0 spiro atoms. The molecule has 0 amide bonds. The fraction of sp³-hybridized carbons (Fsp3) is 0.533. The average Bonchev–Trinajstić information content (AvgIpc) is 2.98. The van der Waals surface area contributed by atoms with Crippen LogP contribution in [-0.2, 0) is 7.05 Å². The first-order valence-electron chi connectivity index (χ1n) is 7.01. The predicted molar refractivity (Wildman–Crippen MR) is 77.8 cm³/mol. The van der Waals surface area contributed by atoms with Gasteiger partial charge in [0.1, 0.15) is 0 Å². The van der Waals surface area contributed by atoms with Gasteiger partial charge in [0.25, 0.3) is 0 Å². The molecule has 1 N–H and O–H groups in total. The zero-order chi connectivity index (χ0) is 13.6. The van der Waals surface area contributed by atoms with E-state index in [4.69, 9.17) is 0 Å². The Labute approximate surface area is 113 Å². The molecule has 0 saturated carbocycles. The van der Waals surface area contributed by atoms with Gasteiger partial charge in [0, 0.05) is 13.6 Å². The first-order valence-corrected chi connectivity index (χ1v) is 7.01. The summed E-state index contributed by atoms with van der Waals surface area (Å²) >= 11 is 0. The maximum absolute atomic E-state index is 12.5. The second-order valence-electron chi connectivity index (χ2n) is 5.73. The van der Waals surface area contributed by atoms with Gasteiger partial charge in [-0.1, -0.05) is 26.0 Å². The smallest absolute Gasteiger partial charge is 0.315 e. The largest absolute Gasteiger partial charge is 0.329 e. The van der Waals surface area contributed by atoms with Gasteiger partial charge in [0.15, 0.2) is 0 Å². The fourth-order valence-electron chi connectivity index (χ4n) is 3.15. The van der Waals surface area contributed by atoms with Crippen molar-refractivity contribution in [1.82, 2.24) is 14.5 Å². The van der Waals surface area contributed by atoms with Gasteiger partial charge in [0.05, 0.1) is 17.1 Å². The van der Waals surface area contributed by atoms with E-state index in [-0.39, 0.29) is 5.69 Å². The van der Waals surface area contributed by atoms with E-state index in [1.165, 1.54) is 5.56 Å². The number of para-hydroxylation sites is 1. The number of nitrogens with zero attached hydrogens (tertiary/aromatic N) is 2. The molecule has 1 unspecified atom stereocenters. The molecule has 0 aliphatic carbocycles. The van der Waals surface area contributed by atoms with Crippen LogP contribution < -0.4 is 11.0 Å². The normalized spacial score (nSPS) is 19.7. The van der Waals surface area contributed by atoms with Crippen LogP contribution in [0.25, 0.3) is 11.0 Å². The van der Waals surface area contributed by atoms with E-state index in [2.05, 4.69) is 37.4 Å². The minimum absolute atomic E-state index is 0.108. The first kappa shape index (κ1) is 12.5. The van der Waals surface area contributed by atoms with Gasteiger partial charge < -0.3 is 5.32 Å². The van der Waals surface area contributed by atoms with Crippen molar-refractivity contribution in [3.63, 3.8) is 0 Å². The molecule has 1 fully saturated rings. The summed E-state index contributed by atoms with van der Waals surface area (Å²) in [6, 6.07) is 6.55. The molecule has 19 heavy (non-hydrogen) atoms. The van der Waals surface area contributed by atoms with E-state index in [9.17, 15) is 4.79 Å². The minimum atomic E-state index is 0.108. The Bertz CT molecular complexity index is 660. The number of aryl methyl sites for hydroxylation is 1. The van der Waals surface area contributed by atoms with Crippen LogP contribution in [-0.4, -0.2) is 22.2 Å². The Morgan fingerprint density at radius 1 is 1.37 bits per heavy atom. The van der Waals surface area contributed by atoms with Crippen molar-refractivity contribution in [1.29, 1.82) is 0 Å². The molecule has 2 heterocycles. The molecule has 4 heteroatoms. The quantitative estimate of drug-likeness (QED) is 0.896. The summed E-state index contributed by atoms with van der Waals surface area (Å²) < 4.78 is 3.78. The van der Waals surface area contributed by atoms with Crippen molar-refractivity contribution in [2.24, 2.45) is 7.05 Å². The molecule has 0 radical (unpaired) electrons. The summed E-state index contributed by atoms with van der Waals surface area (Å²) in [4.78, 5) is 12.5. The van der Waals surface area contributed by atoms with Crippen molar-refractivity contribution >= 4 is 11.0 Å². The zero-order valence-electron chi connectivity index (χ0n) is 11.8. The fourth-order valence-corrected chi connectivity index (χ4v) is 3.15. The summed E-state index contributed by atoms with van der Waals surface area (Å²) in [7, 11) is 1.88. The van der Waals surface area contributed by atoms with Crippen LogP contribution in [0.1, 0.15) is 37.8 Å². The van der Waals surface area contributed by atoms with E-state index in [1.54, 1.807) is 0 Å². The number of benzene rings is 1. The van der Waals surface area contributed by atoms with Gasteiger partial charge >= 0.3 is 5.69 Å². The Hall–Kier alpha value is -1.55. The third-order valence-corrected chi connectivity index (χ3v) is 4.16. The molecule has 1 atom stereocenters. The molecule has 102 valence electrons.